The molecule has 2 aromatic carbocycles. The Labute approximate surface area is 161 Å². The summed E-state index contributed by atoms with van der Waals surface area (Å²) in [7, 11) is 0. The van der Waals surface area contributed by atoms with Crippen LogP contribution >= 0.6 is 11.8 Å². The third kappa shape index (κ3) is 6.67. The van der Waals surface area contributed by atoms with Crippen LogP contribution in [0.4, 0.5) is 14.5 Å². The second-order valence-electron chi connectivity index (χ2n) is 6.95. The quantitative estimate of drug-likeness (QED) is 0.745. The number of nitrogens with one attached hydrogen (secondary N) is 1. The van der Waals surface area contributed by atoms with E-state index < -0.39 is 11.4 Å². The topological polar surface area (TPSA) is 49.4 Å². The highest BCUT2D eigenvalue weighted by atomic mass is 32.2. The monoisotopic (exact) mass is 392 g/mol. The summed E-state index contributed by atoms with van der Waals surface area (Å²) in [5, 5.41) is 2.66. The van der Waals surface area contributed by atoms with Gasteiger partial charge in [0, 0.05) is 16.1 Å². The van der Waals surface area contributed by atoms with Gasteiger partial charge in [-0.05, 0) is 69.3 Å². The molecule has 0 saturated heterocycles. The first kappa shape index (κ1) is 20.9. The Morgan fingerprint density at radius 3 is 2.00 bits per heavy atom. The molecule has 1 N–H and O–H groups in total. The van der Waals surface area contributed by atoms with E-state index in [2.05, 4.69) is 5.32 Å². The van der Waals surface area contributed by atoms with Crippen LogP contribution in [0.15, 0.2) is 53.4 Å². The molecule has 7 heteroatoms. The average molecular weight is 392 g/mol. The van der Waals surface area contributed by atoms with E-state index in [1.807, 2.05) is 20.8 Å². The lowest BCUT2D eigenvalue weighted by Crippen LogP contribution is -2.50. The van der Waals surface area contributed by atoms with Crippen molar-refractivity contribution in [2.24, 2.45) is 0 Å². The molecule has 0 heterocycles. The van der Waals surface area contributed by atoms with E-state index >= 15 is 0 Å². The number of benzene rings is 2. The summed E-state index contributed by atoms with van der Waals surface area (Å²) >= 11 is 1.28. The molecule has 2 amide bonds. The molecule has 0 unspecified atom stereocenters. The third-order valence-corrected chi connectivity index (χ3v) is 4.71. The molecule has 0 fully saturated rings. The lowest BCUT2D eigenvalue weighted by molar-refractivity contribution is -0.137. The van der Waals surface area contributed by atoms with Crippen LogP contribution in [-0.2, 0) is 9.59 Å². The smallest absolute Gasteiger partial charge is 0.244 e. The van der Waals surface area contributed by atoms with E-state index in [0.29, 0.717) is 5.69 Å². The zero-order valence-electron chi connectivity index (χ0n) is 15.5. The first-order valence-corrected chi connectivity index (χ1v) is 9.38. The highest BCUT2D eigenvalue weighted by molar-refractivity contribution is 8.00. The summed E-state index contributed by atoms with van der Waals surface area (Å²) in [5.74, 6) is -1.16. The molecule has 0 aliphatic rings. The Hall–Kier alpha value is -2.41. The lowest BCUT2D eigenvalue weighted by Gasteiger charge is -2.35. The van der Waals surface area contributed by atoms with Crippen LogP contribution in [0.5, 0.6) is 0 Å². The number of hydrogen-bond acceptors (Lipinski definition) is 3. The largest absolute Gasteiger partial charge is 0.328 e. The molecular formula is C20H22F2N2O2S. The maximum Gasteiger partial charge on any atom is 0.244 e. The first-order chi connectivity index (χ1) is 12.6. The number of halogens is 2. The predicted molar refractivity (Wildman–Crippen MR) is 104 cm³/mol. The molecule has 2 aromatic rings. The van der Waals surface area contributed by atoms with E-state index in [4.69, 9.17) is 0 Å². The highest BCUT2D eigenvalue weighted by Crippen LogP contribution is 2.21. The lowest BCUT2D eigenvalue weighted by atomic mass is 10.1. The molecule has 0 spiro atoms. The number of carbonyl (C=O) groups excluding carboxylic acids is 2. The van der Waals surface area contributed by atoms with Crippen LogP contribution in [0.2, 0.25) is 0 Å². The van der Waals surface area contributed by atoms with Crippen molar-refractivity contribution in [3.63, 3.8) is 0 Å². The fourth-order valence-corrected chi connectivity index (χ4v) is 3.11. The van der Waals surface area contributed by atoms with E-state index in [1.54, 1.807) is 12.1 Å². The number of thioether (sulfide) groups is 1. The Balaban J connectivity index is 1.98. The van der Waals surface area contributed by atoms with Crippen LogP contribution in [0.3, 0.4) is 0 Å². The number of carbonyl (C=O) groups is 2. The zero-order valence-corrected chi connectivity index (χ0v) is 16.3. The van der Waals surface area contributed by atoms with Gasteiger partial charge in [-0.25, -0.2) is 8.78 Å². The maximum atomic E-state index is 13.0. The molecule has 0 saturated carbocycles. The molecule has 27 heavy (non-hydrogen) atoms. The Bertz CT molecular complexity index is 787. The van der Waals surface area contributed by atoms with Crippen LogP contribution in [0.25, 0.3) is 0 Å². The van der Waals surface area contributed by atoms with Gasteiger partial charge in [0.05, 0.1) is 5.75 Å². The molecule has 0 radical (unpaired) electrons. The predicted octanol–water partition coefficient (Wildman–Crippen LogP) is 4.32. The highest BCUT2D eigenvalue weighted by Gasteiger charge is 2.28. The van der Waals surface area contributed by atoms with E-state index in [1.165, 1.54) is 53.1 Å². The summed E-state index contributed by atoms with van der Waals surface area (Å²) in [6.07, 6.45) is 0. The molecular weight excluding hydrogens is 370 g/mol. The minimum absolute atomic E-state index is 0.121. The van der Waals surface area contributed by atoms with Crippen LogP contribution < -0.4 is 5.32 Å². The Kier molecular flexibility index (Phi) is 6.96. The van der Waals surface area contributed by atoms with Gasteiger partial charge in [0.2, 0.25) is 11.8 Å². The summed E-state index contributed by atoms with van der Waals surface area (Å²) in [6, 6.07) is 11.3. The summed E-state index contributed by atoms with van der Waals surface area (Å²) < 4.78 is 25.9. The molecule has 144 valence electrons. The van der Waals surface area contributed by atoms with Crippen LogP contribution in [0.1, 0.15) is 20.8 Å². The maximum absolute atomic E-state index is 13.0. The van der Waals surface area contributed by atoms with E-state index in [0.717, 1.165) is 4.90 Å². The van der Waals surface area contributed by atoms with E-state index in [9.17, 15) is 18.4 Å². The summed E-state index contributed by atoms with van der Waals surface area (Å²) in [6.45, 7) is 5.42. The molecule has 0 aliphatic carbocycles. The molecule has 0 atom stereocenters. The minimum atomic E-state index is -0.555. The van der Waals surface area contributed by atoms with Gasteiger partial charge in [-0.1, -0.05) is 0 Å². The van der Waals surface area contributed by atoms with Gasteiger partial charge >= 0.3 is 0 Å². The summed E-state index contributed by atoms with van der Waals surface area (Å²) in [5.41, 5.74) is -0.0935. The normalized spacial score (nSPS) is 11.1. The van der Waals surface area contributed by atoms with Gasteiger partial charge in [-0.15, -0.1) is 11.8 Å². The first-order valence-electron chi connectivity index (χ1n) is 8.39. The number of anilines is 1. The fraction of sp³-hybridized carbons (Fsp3) is 0.300. The SMILES string of the molecule is CC(C)(C)N(CC(=O)Nc1ccc(F)cc1)C(=O)CSc1ccc(F)cc1. The van der Waals surface area contributed by atoms with Gasteiger partial charge in [0.25, 0.3) is 0 Å². The van der Waals surface area contributed by atoms with Gasteiger partial charge in [0.1, 0.15) is 18.2 Å². The third-order valence-electron chi connectivity index (χ3n) is 3.72. The van der Waals surface area contributed by atoms with Crippen molar-refractivity contribution in [3.8, 4) is 0 Å². The average Bonchev–Trinajstić information content (AvgIpc) is 2.60. The molecule has 0 bridgehead atoms. The molecule has 2 rings (SSSR count). The van der Waals surface area contributed by atoms with Gasteiger partial charge in [0.15, 0.2) is 0 Å². The number of nitrogens with zero attached hydrogens (tertiary/aromatic N) is 1. The molecule has 0 aliphatic heterocycles. The zero-order chi connectivity index (χ0) is 20.0. The van der Waals surface area contributed by atoms with Gasteiger partial charge in [-0.3, -0.25) is 9.59 Å². The van der Waals surface area contributed by atoms with Crippen molar-refractivity contribution in [1.29, 1.82) is 0 Å². The minimum Gasteiger partial charge on any atom is -0.328 e. The van der Waals surface area contributed by atoms with Crippen molar-refractivity contribution in [1.82, 2.24) is 4.90 Å². The van der Waals surface area contributed by atoms with Crippen LogP contribution in [0, 0.1) is 11.6 Å². The van der Waals surface area contributed by atoms with Crippen molar-refractivity contribution in [2.45, 2.75) is 31.2 Å². The Morgan fingerprint density at radius 1 is 0.963 bits per heavy atom. The number of rotatable bonds is 6. The Morgan fingerprint density at radius 2 is 1.48 bits per heavy atom. The second-order valence-corrected chi connectivity index (χ2v) is 8.00. The fourth-order valence-electron chi connectivity index (χ4n) is 2.33. The van der Waals surface area contributed by atoms with Crippen LogP contribution in [-0.4, -0.2) is 34.6 Å². The number of hydrogen-bond donors (Lipinski definition) is 1. The van der Waals surface area contributed by atoms with Crippen molar-refractivity contribution in [3.05, 3.63) is 60.2 Å². The molecule has 0 aromatic heterocycles. The second kappa shape index (κ2) is 8.99. The van der Waals surface area contributed by atoms with Crippen molar-refractivity contribution >= 4 is 29.3 Å². The van der Waals surface area contributed by atoms with Gasteiger partial charge < -0.3 is 10.2 Å². The number of amides is 2. The van der Waals surface area contributed by atoms with Crippen molar-refractivity contribution < 1.29 is 18.4 Å². The summed E-state index contributed by atoms with van der Waals surface area (Å²) in [4.78, 5) is 27.2. The van der Waals surface area contributed by atoms with E-state index in [-0.39, 0.29) is 29.9 Å². The van der Waals surface area contributed by atoms with Crippen molar-refractivity contribution in [2.75, 3.05) is 17.6 Å². The molecule has 4 nitrogen and oxygen atoms in total. The van der Waals surface area contributed by atoms with Gasteiger partial charge in [-0.2, -0.15) is 0 Å². The standard InChI is InChI=1S/C20H22F2N2O2S/c1-20(2,3)24(12-18(25)23-16-8-4-14(21)5-9-16)19(26)13-27-17-10-6-15(22)7-11-17/h4-11H,12-13H2,1-3H3,(H,23,25).